The first-order chi connectivity index (χ1) is 15.0. The molecule has 4 rings (SSSR count). The van der Waals surface area contributed by atoms with Gasteiger partial charge in [0.25, 0.3) is 0 Å². The highest BCUT2D eigenvalue weighted by Crippen LogP contribution is 2.33. The Morgan fingerprint density at radius 3 is 2.68 bits per heavy atom. The first-order valence-electron chi connectivity index (χ1n) is 9.99. The molecule has 9 heteroatoms. The molecule has 0 aliphatic carbocycles. The van der Waals surface area contributed by atoms with Gasteiger partial charge < -0.3 is 4.74 Å². The monoisotopic (exact) mass is 435 g/mol. The maximum absolute atomic E-state index is 13.0. The van der Waals surface area contributed by atoms with Gasteiger partial charge in [0.1, 0.15) is 6.54 Å². The van der Waals surface area contributed by atoms with Crippen LogP contribution in [0.4, 0.5) is 0 Å². The highest BCUT2D eigenvalue weighted by atomic mass is 32.2. The molecule has 0 N–H and O–H groups in total. The fourth-order valence-corrected chi connectivity index (χ4v) is 4.64. The van der Waals surface area contributed by atoms with E-state index in [0.29, 0.717) is 40.5 Å². The Kier molecular flexibility index (Phi) is 5.57. The number of benzene rings is 2. The summed E-state index contributed by atoms with van der Waals surface area (Å²) in [5, 5.41) is 18.0. The van der Waals surface area contributed by atoms with Crippen LogP contribution in [0.15, 0.2) is 52.4 Å². The number of nitrogens with zero attached hydrogens (tertiary/aromatic N) is 5. The van der Waals surface area contributed by atoms with Crippen molar-refractivity contribution in [3.63, 3.8) is 0 Å². The fraction of sp³-hybridized carbons (Fsp3) is 0.273. The molecule has 0 fully saturated rings. The van der Waals surface area contributed by atoms with E-state index in [-0.39, 0.29) is 23.2 Å². The van der Waals surface area contributed by atoms with Crippen LogP contribution < -0.4 is 4.74 Å². The third kappa shape index (κ3) is 3.59. The number of ether oxygens (including phenoxy) is 1. The SMILES string of the molecule is CCCOc1nnc2n1-c1cccc(S(=O)(=O)CC)c1C(c1ccccc1C#N)=NC2. The van der Waals surface area contributed by atoms with E-state index in [2.05, 4.69) is 16.3 Å². The molecule has 2 aromatic carbocycles. The van der Waals surface area contributed by atoms with Gasteiger partial charge in [-0.2, -0.15) is 5.26 Å². The third-order valence-corrected chi connectivity index (χ3v) is 6.78. The minimum atomic E-state index is -3.59. The zero-order chi connectivity index (χ0) is 22.0. The molecule has 0 saturated heterocycles. The van der Waals surface area contributed by atoms with Crippen molar-refractivity contribution in [1.29, 1.82) is 5.26 Å². The molecule has 0 atom stereocenters. The van der Waals surface area contributed by atoms with E-state index < -0.39 is 9.84 Å². The molecular weight excluding hydrogens is 414 g/mol. The van der Waals surface area contributed by atoms with E-state index in [0.717, 1.165) is 6.42 Å². The van der Waals surface area contributed by atoms with Crippen molar-refractivity contribution >= 4 is 15.5 Å². The van der Waals surface area contributed by atoms with Crippen LogP contribution in [-0.4, -0.2) is 41.3 Å². The normalized spacial score (nSPS) is 12.9. The fourth-order valence-electron chi connectivity index (χ4n) is 3.53. The van der Waals surface area contributed by atoms with Crippen molar-refractivity contribution in [2.24, 2.45) is 4.99 Å². The number of sulfone groups is 1. The van der Waals surface area contributed by atoms with Gasteiger partial charge in [0, 0.05) is 11.1 Å². The summed E-state index contributed by atoms with van der Waals surface area (Å²) in [6.07, 6.45) is 0.788. The van der Waals surface area contributed by atoms with Gasteiger partial charge >= 0.3 is 6.01 Å². The Labute approximate surface area is 180 Å². The molecule has 0 bridgehead atoms. The minimum Gasteiger partial charge on any atom is -0.463 e. The van der Waals surface area contributed by atoms with E-state index in [1.165, 1.54) is 0 Å². The van der Waals surface area contributed by atoms with Crippen molar-refractivity contribution in [2.45, 2.75) is 31.7 Å². The standard InChI is InChI=1S/C22H21N5O3S/c1-3-12-30-22-26-25-19-14-24-21(16-9-6-5-8-15(16)13-23)20-17(27(19)22)10-7-11-18(20)31(28,29)4-2/h5-11H,3-4,12,14H2,1-2H3. The predicted molar refractivity (Wildman–Crippen MR) is 115 cm³/mol. The van der Waals surface area contributed by atoms with Crippen LogP contribution in [-0.2, 0) is 16.4 Å². The average Bonchev–Trinajstić information content (AvgIpc) is 3.12. The molecule has 3 aromatic rings. The lowest BCUT2D eigenvalue weighted by Crippen LogP contribution is -2.16. The van der Waals surface area contributed by atoms with Crippen LogP contribution in [0.1, 0.15) is 42.8 Å². The number of aliphatic imine (C=N–C) groups is 1. The Hall–Kier alpha value is -3.51. The summed E-state index contributed by atoms with van der Waals surface area (Å²) >= 11 is 0. The number of hydrogen-bond acceptors (Lipinski definition) is 7. The summed E-state index contributed by atoms with van der Waals surface area (Å²) < 4.78 is 33.6. The van der Waals surface area contributed by atoms with Crippen molar-refractivity contribution in [1.82, 2.24) is 14.8 Å². The van der Waals surface area contributed by atoms with Crippen LogP contribution in [0.5, 0.6) is 6.01 Å². The lowest BCUT2D eigenvalue weighted by Gasteiger charge is -2.17. The molecule has 8 nitrogen and oxygen atoms in total. The van der Waals surface area contributed by atoms with E-state index in [9.17, 15) is 13.7 Å². The van der Waals surface area contributed by atoms with Gasteiger partial charge in [-0.3, -0.25) is 4.99 Å². The van der Waals surface area contributed by atoms with Crippen LogP contribution >= 0.6 is 0 Å². The molecule has 1 aliphatic heterocycles. The van der Waals surface area contributed by atoms with Crippen LogP contribution in [0.3, 0.4) is 0 Å². The first kappa shape index (κ1) is 20.8. The summed E-state index contributed by atoms with van der Waals surface area (Å²) in [5.41, 5.74) is 2.40. The molecule has 1 aromatic heterocycles. The average molecular weight is 436 g/mol. The van der Waals surface area contributed by atoms with Crippen LogP contribution in [0, 0.1) is 11.3 Å². The lowest BCUT2D eigenvalue weighted by molar-refractivity contribution is 0.286. The van der Waals surface area contributed by atoms with Gasteiger partial charge in [-0.05, 0) is 24.6 Å². The Bertz CT molecular complexity index is 1320. The van der Waals surface area contributed by atoms with Crippen molar-refractivity contribution < 1.29 is 13.2 Å². The highest BCUT2D eigenvalue weighted by Gasteiger charge is 2.30. The summed E-state index contributed by atoms with van der Waals surface area (Å²) in [5.74, 6) is 0.466. The van der Waals surface area contributed by atoms with Gasteiger partial charge in [0.2, 0.25) is 0 Å². The van der Waals surface area contributed by atoms with Gasteiger partial charge in [0.05, 0.1) is 40.3 Å². The molecule has 0 saturated carbocycles. The summed E-state index contributed by atoms with van der Waals surface area (Å²) in [4.78, 5) is 4.86. The van der Waals surface area contributed by atoms with E-state index in [1.54, 1.807) is 54.0 Å². The lowest BCUT2D eigenvalue weighted by atomic mass is 9.96. The number of hydrogen-bond donors (Lipinski definition) is 0. The maximum atomic E-state index is 13.0. The van der Waals surface area contributed by atoms with Crippen LogP contribution in [0.2, 0.25) is 0 Å². The quantitative estimate of drug-likeness (QED) is 0.588. The Morgan fingerprint density at radius 2 is 1.94 bits per heavy atom. The second-order valence-corrected chi connectivity index (χ2v) is 9.21. The van der Waals surface area contributed by atoms with Crippen molar-refractivity contribution in [2.75, 3.05) is 12.4 Å². The smallest absolute Gasteiger partial charge is 0.321 e. The molecular formula is C22H21N5O3S. The molecule has 158 valence electrons. The molecule has 0 radical (unpaired) electrons. The molecule has 1 aliphatic rings. The zero-order valence-electron chi connectivity index (χ0n) is 17.2. The Balaban J connectivity index is 2.07. The van der Waals surface area contributed by atoms with Crippen molar-refractivity contribution in [3.8, 4) is 17.8 Å². The number of nitriles is 1. The zero-order valence-corrected chi connectivity index (χ0v) is 18.1. The summed E-state index contributed by atoms with van der Waals surface area (Å²) in [7, 11) is -3.59. The summed E-state index contributed by atoms with van der Waals surface area (Å²) in [6.45, 7) is 4.20. The molecule has 31 heavy (non-hydrogen) atoms. The van der Waals surface area contributed by atoms with Crippen molar-refractivity contribution in [3.05, 3.63) is 65.0 Å². The van der Waals surface area contributed by atoms with Gasteiger partial charge in [-0.15, -0.1) is 5.10 Å². The molecule has 0 spiro atoms. The first-order valence-corrected chi connectivity index (χ1v) is 11.6. The largest absolute Gasteiger partial charge is 0.463 e. The predicted octanol–water partition coefficient (Wildman–Crippen LogP) is 3.07. The molecule has 0 amide bonds. The van der Waals surface area contributed by atoms with E-state index >= 15 is 0 Å². The summed E-state index contributed by atoms with van der Waals surface area (Å²) in [6, 6.07) is 14.6. The van der Waals surface area contributed by atoms with Gasteiger partial charge in [-0.1, -0.05) is 43.2 Å². The number of aromatic nitrogens is 3. The number of fused-ring (bicyclic) bond motifs is 3. The second-order valence-electron chi connectivity index (χ2n) is 6.96. The Morgan fingerprint density at radius 1 is 1.13 bits per heavy atom. The van der Waals surface area contributed by atoms with Crippen LogP contribution in [0.25, 0.3) is 5.69 Å². The topological polar surface area (TPSA) is 110 Å². The van der Waals surface area contributed by atoms with E-state index in [4.69, 9.17) is 9.73 Å². The second kappa shape index (κ2) is 8.32. The minimum absolute atomic E-state index is 0.0646. The highest BCUT2D eigenvalue weighted by molar-refractivity contribution is 7.91. The number of rotatable bonds is 6. The molecule has 2 heterocycles. The van der Waals surface area contributed by atoms with E-state index in [1.807, 2.05) is 6.92 Å². The van der Waals surface area contributed by atoms with Gasteiger partial charge in [-0.25, -0.2) is 13.0 Å². The maximum Gasteiger partial charge on any atom is 0.321 e. The molecule has 0 unspecified atom stereocenters. The van der Waals surface area contributed by atoms with Gasteiger partial charge in [0.15, 0.2) is 15.7 Å². The third-order valence-electron chi connectivity index (χ3n) is 5.01.